The lowest BCUT2D eigenvalue weighted by Gasteiger charge is -2.24. The van der Waals surface area contributed by atoms with E-state index in [9.17, 15) is 5.11 Å². The first-order valence-electron chi connectivity index (χ1n) is 6.45. The second-order valence-electron chi connectivity index (χ2n) is 4.59. The Balaban J connectivity index is 1.89. The summed E-state index contributed by atoms with van der Waals surface area (Å²) in [7, 11) is 0. The first kappa shape index (κ1) is 13.4. The highest BCUT2D eigenvalue weighted by Gasteiger charge is 2.24. The fraction of sp³-hybridized carbons (Fsp3) is 0.357. The molecule has 1 aliphatic heterocycles. The van der Waals surface area contributed by atoms with E-state index in [-0.39, 0.29) is 5.92 Å². The molecular formula is C14H16N2O3S. The van der Waals surface area contributed by atoms with Crippen LogP contribution in [0.1, 0.15) is 22.5 Å². The van der Waals surface area contributed by atoms with Crippen LogP contribution >= 0.6 is 11.3 Å². The van der Waals surface area contributed by atoms with Gasteiger partial charge in [0.05, 0.1) is 16.5 Å². The number of aliphatic hydroxyl groups is 1. The van der Waals surface area contributed by atoms with E-state index in [2.05, 4.69) is 4.98 Å². The molecule has 6 heteroatoms. The van der Waals surface area contributed by atoms with Crippen LogP contribution in [0, 0.1) is 0 Å². The summed E-state index contributed by atoms with van der Waals surface area (Å²) in [5, 5.41) is 10.4. The Morgan fingerprint density at radius 2 is 2.10 bits per heavy atom. The Morgan fingerprint density at radius 1 is 1.30 bits per heavy atom. The molecule has 2 unspecified atom stereocenters. The number of nitrogens with two attached hydrogens (primary N) is 1. The van der Waals surface area contributed by atoms with Gasteiger partial charge in [0.1, 0.15) is 13.2 Å². The molecule has 1 aromatic heterocycles. The second-order valence-corrected chi connectivity index (χ2v) is 5.51. The molecule has 0 fully saturated rings. The van der Waals surface area contributed by atoms with Gasteiger partial charge in [-0.2, -0.15) is 0 Å². The number of ether oxygens (including phenoxy) is 2. The van der Waals surface area contributed by atoms with Crippen LogP contribution in [0.15, 0.2) is 29.9 Å². The average molecular weight is 292 g/mol. The quantitative estimate of drug-likeness (QED) is 0.896. The van der Waals surface area contributed by atoms with Crippen molar-refractivity contribution in [3.8, 4) is 11.5 Å². The molecular weight excluding hydrogens is 276 g/mol. The standard InChI is InChI=1S/C14H16N2O3S/c15-6-10(14(17)13-7-16-8-20-13)9-1-2-11-12(5-9)19-4-3-18-11/h1-2,5,7-8,10,14,17H,3-4,6,15H2. The number of fused-ring (bicyclic) bond motifs is 1. The third-order valence-electron chi connectivity index (χ3n) is 3.37. The van der Waals surface area contributed by atoms with Crippen molar-refractivity contribution in [1.82, 2.24) is 4.98 Å². The van der Waals surface area contributed by atoms with Crippen LogP contribution in [0.25, 0.3) is 0 Å². The Hall–Kier alpha value is -1.63. The third-order valence-corrected chi connectivity index (χ3v) is 4.22. The number of nitrogens with zero attached hydrogens (tertiary/aromatic N) is 1. The highest BCUT2D eigenvalue weighted by molar-refractivity contribution is 7.09. The minimum absolute atomic E-state index is 0.189. The Kier molecular flexibility index (Phi) is 3.86. The lowest BCUT2D eigenvalue weighted by molar-refractivity contribution is 0.149. The highest BCUT2D eigenvalue weighted by Crippen LogP contribution is 2.37. The molecule has 0 radical (unpaired) electrons. The van der Waals surface area contributed by atoms with Gasteiger partial charge in [-0.1, -0.05) is 6.07 Å². The van der Waals surface area contributed by atoms with Crippen LogP contribution in [0.4, 0.5) is 0 Å². The van der Waals surface area contributed by atoms with Crippen molar-refractivity contribution < 1.29 is 14.6 Å². The van der Waals surface area contributed by atoms with E-state index >= 15 is 0 Å². The van der Waals surface area contributed by atoms with Gasteiger partial charge in [-0.15, -0.1) is 11.3 Å². The highest BCUT2D eigenvalue weighted by atomic mass is 32.1. The summed E-state index contributed by atoms with van der Waals surface area (Å²) in [4.78, 5) is 4.81. The molecule has 5 nitrogen and oxygen atoms in total. The summed E-state index contributed by atoms with van der Waals surface area (Å²) in [5.74, 6) is 1.26. The molecule has 1 aromatic carbocycles. The molecule has 0 bridgehead atoms. The molecule has 106 valence electrons. The number of hydrogen-bond donors (Lipinski definition) is 2. The number of benzene rings is 1. The van der Waals surface area contributed by atoms with Crippen LogP contribution < -0.4 is 15.2 Å². The molecule has 0 saturated carbocycles. The van der Waals surface area contributed by atoms with E-state index in [1.165, 1.54) is 11.3 Å². The SMILES string of the molecule is NCC(c1ccc2c(c1)OCCO2)C(O)c1cncs1. The maximum absolute atomic E-state index is 10.4. The average Bonchev–Trinajstić information content (AvgIpc) is 3.02. The van der Waals surface area contributed by atoms with Gasteiger partial charge in [0.25, 0.3) is 0 Å². The molecule has 3 N–H and O–H groups in total. The zero-order valence-electron chi connectivity index (χ0n) is 10.9. The summed E-state index contributed by atoms with van der Waals surface area (Å²) in [5.41, 5.74) is 8.49. The largest absolute Gasteiger partial charge is 0.486 e. The maximum atomic E-state index is 10.4. The van der Waals surface area contributed by atoms with E-state index in [0.717, 1.165) is 16.2 Å². The van der Waals surface area contributed by atoms with Crippen molar-refractivity contribution in [2.75, 3.05) is 19.8 Å². The predicted octanol–water partition coefficient (Wildman–Crippen LogP) is 1.69. The van der Waals surface area contributed by atoms with Crippen molar-refractivity contribution in [3.05, 3.63) is 40.3 Å². The smallest absolute Gasteiger partial charge is 0.161 e. The second kappa shape index (κ2) is 5.78. The summed E-state index contributed by atoms with van der Waals surface area (Å²) >= 11 is 1.43. The zero-order chi connectivity index (χ0) is 13.9. The zero-order valence-corrected chi connectivity index (χ0v) is 11.7. The molecule has 2 aromatic rings. The Labute approximate surface area is 121 Å². The lowest BCUT2D eigenvalue weighted by Crippen LogP contribution is -2.20. The molecule has 20 heavy (non-hydrogen) atoms. The summed E-state index contributed by atoms with van der Waals surface area (Å²) in [6, 6.07) is 5.69. The minimum atomic E-state index is -0.657. The molecule has 0 amide bonds. The third kappa shape index (κ3) is 2.49. The van der Waals surface area contributed by atoms with E-state index in [4.69, 9.17) is 15.2 Å². The van der Waals surface area contributed by atoms with Gasteiger partial charge >= 0.3 is 0 Å². The first-order valence-corrected chi connectivity index (χ1v) is 7.33. The molecule has 0 aliphatic carbocycles. The van der Waals surface area contributed by atoms with Gasteiger partial charge in [0, 0.05) is 18.7 Å². The van der Waals surface area contributed by atoms with Crippen LogP contribution in [-0.2, 0) is 0 Å². The van der Waals surface area contributed by atoms with Crippen LogP contribution in [0.5, 0.6) is 11.5 Å². The van der Waals surface area contributed by atoms with Crippen LogP contribution in [0.2, 0.25) is 0 Å². The number of aliphatic hydroxyl groups excluding tert-OH is 1. The number of hydrogen-bond acceptors (Lipinski definition) is 6. The van der Waals surface area contributed by atoms with E-state index in [1.54, 1.807) is 11.7 Å². The van der Waals surface area contributed by atoms with E-state index in [1.807, 2.05) is 18.2 Å². The minimum Gasteiger partial charge on any atom is -0.486 e. The molecule has 3 rings (SSSR count). The van der Waals surface area contributed by atoms with Crippen LogP contribution in [-0.4, -0.2) is 29.8 Å². The number of thiazole rings is 1. The predicted molar refractivity (Wildman–Crippen MR) is 76.3 cm³/mol. The maximum Gasteiger partial charge on any atom is 0.161 e. The van der Waals surface area contributed by atoms with Gasteiger partial charge < -0.3 is 20.3 Å². The lowest BCUT2D eigenvalue weighted by atomic mass is 9.92. The van der Waals surface area contributed by atoms with Gasteiger partial charge in [-0.25, -0.2) is 0 Å². The Bertz CT molecular complexity index is 574. The molecule has 2 atom stereocenters. The monoisotopic (exact) mass is 292 g/mol. The topological polar surface area (TPSA) is 77.6 Å². The molecule has 0 spiro atoms. The van der Waals surface area contributed by atoms with Crippen molar-refractivity contribution in [2.24, 2.45) is 5.73 Å². The van der Waals surface area contributed by atoms with Crippen LogP contribution in [0.3, 0.4) is 0 Å². The van der Waals surface area contributed by atoms with Crippen molar-refractivity contribution >= 4 is 11.3 Å². The van der Waals surface area contributed by atoms with Gasteiger partial charge in [0.15, 0.2) is 11.5 Å². The van der Waals surface area contributed by atoms with Gasteiger partial charge in [-0.3, -0.25) is 4.98 Å². The summed E-state index contributed by atoms with van der Waals surface area (Å²) in [6.45, 7) is 1.45. The van der Waals surface area contributed by atoms with E-state index in [0.29, 0.717) is 25.5 Å². The number of aromatic nitrogens is 1. The normalized spacial score (nSPS) is 16.7. The molecule has 2 heterocycles. The summed E-state index contributed by atoms with van der Waals surface area (Å²) in [6.07, 6.45) is 1.02. The molecule has 1 aliphatic rings. The van der Waals surface area contributed by atoms with Gasteiger partial charge in [-0.05, 0) is 17.7 Å². The first-order chi connectivity index (χ1) is 9.79. The summed E-state index contributed by atoms with van der Waals surface area (Å²) < 4.78 is 11.1. The fourth-order valence-corrected chi connectivity index (χ4v) is 2.98. The Morgan fingerprint density at radius 3 is 2.80 bits per heavy atom. The molecule has 0 saturated heterocycles. The van der Waals surface area contributed by atoms with E-state index < -0.39 is 6.10 Å². The van der Waals surface area contributed by atoms with Crippen molar-refractivity contribution in [2.45, 2.75) is 12.0 Å². The van der Waals surface area contributed by atoms with Gasteiger partial charge in [0.2, 0.25) is 0 Å². The van der Waals surface area contributed by atoms with Crippen molar-refractivity contribution in [3.63, 3.8) is 0 Å². The van der Waals surface area contributed by atoms with Crippen molar-refractivity contribution in [1.29, 1.82) is 0 Å². The number of rotatable bonds is 4. The fourth-order valence-electron chi connectivity index (χ4n) is 2.31.